The van der Waals surface area contributed by atoms with Gasteiger partial charge in [0.25, 0.3) is 0 Å². The van der Waals surface area contributed by atoms with Gasteiger partial charge in [-0.05, 0) is 48.6 Å². The number of hydrogen-bond acceptors (Lipinski definition) is 2. The van der Waals surface area contributed by atoms with Crippen molar-refractivity contribution in [3.8, 4) is 0 Å². The summed E-state index contributed by atoms with van der Waals surface area (Å²) in [5, 5.41) is 5.55. The van der Waals surface area contributed by atoms with Crippen molar-refractivity contribution in [2.45, 2.75) is 33.9 Å². The second-order valence-corrected chi connectivity index (χ2v) is 5.45. The lowest BCUT2D eigenvalue weighted by Gasteiger charge is -2.18. The molecule has 0 atom stereocenters. The second kappa shape index (κ2) is 8.25. The number of amides is 2. The molecule has 0 saturated carbocycles. The maximum atomic E-state index is 11.3. The summed E-state index contributed by atoms with van der Waals surface area (Å²) in [7, 11) is 0. The third kappa shape index (κ3) is 4.90. The van der Waals surface area contributed by atoms with Gasteiger partial charge in [-0.1, -0.05) is 6.07 Å². The predicted molar refractivity (Wildman–Crippen MR) is 85.8 cm³/mol. The molecule has 1 rings (SSSR count). The van der Waals surface area contributed by atoms with E-state index in [0.717, 1.165) is 27.8 Å². The van der Waals surface area contributed by atoms with Crippen LogP contribution in [0, 0.1) is 20.8 Å². The van der Waals surface area contributed by atoms with E-state index in [0.29, 0.717) is 13.1 Å². The molecule has 2 N–H and O–H groups in total. The van der Waals surface area contributed by atoms with E-state index in [1.807, 2.05) is 20.8 Å². The molecular weight excluding hydrogens is 311 g/mol. The molecule has 0 heterocycles. The Kier molecular flexibility index (Phi) is 6.99. The maximum Gasteiger partial charge on any atom is 0.235 e. The summed E-state index contributed by atoms with van der Waals surface area (Å²) in [4.78, 5) is 22.6. The highest BCUT2D eigenvalue weighted by molar-refractivity contribution is 6.27. The van der Waals surface area contributed by atoms with E-state index in [-0.39, 0.29) is 23.6 Å². The van der Waals surface area contributed by atoms with Crippen LogP contribution in [0.4, 0.5) is 0 Å². The zero-order chi connectivity index (χ0) is 16.0. The molecule has 0 aliphatic rings. The van der Waals surface area contributed by atoms with Crippen LogP contribution in [0.5, 0.6) is 0 Å². The van der Waals surface area contributed by atoms with Crippen molar-refractivity contribution >= 4 is 35.0 Å². The summed E-state index contributed by atoms with van der Waals surface area (Å²) in [5.74, 6) is -0.508. The first kappa shape index (κ1) is 17.8. The van der Waals surface area contributed by atoms with Gasteiger partial charge < -0.3 is 10.6 Å². The van der Waals surface area contributed by atoms with Crippen molar-refractivity contribution in [2.24, 2.45) is 0 Å². The Bertz CT molecular complexity index is 501. The molecule has 21 heavy (non-hydrogen) atoms. The van der Waals surface area contributed by atoms with Crippen molar-refractivity contribution in [3.63, 3.8) is 0 Å². The predicted octanol–water partition coefficient (Wildman–Crippen LogP) is 2.32. The molecule has 0 aromatic heterocycles. The number of hydrogen-bond donors (Lipinski definition) is 2. The number of halogens is 2. The Balaban J connectivity index is 2.98. The van der Waals surface area contributed by atoms with E-state index in [1.165, 1.54) is 0 Å². The topological polar surface area (TPSA) is 58.2 Å². The van der Waals surface area contributed by atoms with Crippen LogP contribution < -0.4 is 10.6 Å². The molecule has 116 valence electrons. The molecule has 0 aliphatic heterocycles. The minimum absolute atomic E-state index is 0.0530. The molecule has 4 nitrogen and oxygen atoms in total. The Hall–Kier alpha value is -1.26. The average molecular weight is 331 g/mol. The molecule has 1 aromatic rings. The molecule has 0 aliphatic carbocycles. The summed E-state index contributed by atoms with van der Waals surface area (Å²) in [6, 6.07) is 2.05. The van der Waals surface area contributed by atoms with Gasteiger partial charge in [0.05, 0.1) is 0 Å². The highest BCUT2D eigenvalue weighted by Gasteiger charge is 2.12. The van der Waals surface area contributed by atoms with Gasteiger partial charge in [-0.25, -0.2) is 0 Å². The van der Waals surface area contributed by atoms with Crippen molar-refractivity contribution in [3.05, 3.63) is 33.9 Å². The van der Waals surface area contributed by atoms with Crippen LogP contribution in [-0.4, -0.2) is 23.6 Å². The van der Waals surface area contributed by atoms with Gasteiger partial charge in [0.2, 0.25) is 11.8 Å². The van der Waals surface area contributed by atoms with Gasteiger partial charge >= 0.3 is 0 Å². The van der Waals surface area contributed by atoms with E-state index in [1.54, 1.807) is 0 Å². The van der Waals surface area contributed by atoms with Gasteiger partial charge in [-0.15, -0.1) is 23.2 Å². The lowest BCUT2D eigenvalue weighted by Crippen LogP contribution is -2.27. The van der Waals surface area contributed by atoms with E-state index >= 15 is 0 Å². The quantitative estimate of drug-likeness (QED) is 0.786. The fourth-order valence-corrected chi connectivity index (χ4v) is 2.47. The van der Waals surface area contributed by atoms with E-state index < -0.39 is 0 Å². The number of carbonyl (C=O) groups excluding carboxylic acids is 2. The Morgan fingerprint density at radius 3 is 1.62 bits per heavy atom. The zero-order valence-corrected chi connectivity index (χ0v) is 14.0. The summed E-state index contributed by atoms with van der Waals surface area (Å²) in [6.07, 6.45) is 0. The summed E-state index contributed by atoms with van der Waals surface area (Å²) >= 11 is 11.0. The van der Waals surface area contributed by atoms with E-state index in [4.69, 9.17) is 23.2 Å². The van der Waals surface area contributed by atoms with Gasteiger partial charge in [0, 0.05) is 13.1 Å². The van der Waals surface area contributed by atoms with Crippen LogP contribution in [-0.2, 0) is 22.7 Å². The zero-order valence-electron chi connectivity index (χ0n) is 12.5. The monoisotopic (exact) mass is 330 g/mol. The number of benzene rings is 1. The maximum absolute atomic E-state index is 11.3. The minimum atomic E-state index is -0.201. The minimum Gasteiger partial charge on any atom is -0.351 e. The summed E-state index contributed by atoms with van der Waals surface area (Å²) in [6.45, 7) is 6.86. The molecule has 0 radical (unpaired) electrons. The second-order valence-electron chi connectivity index (χ2n) is 4.91. The lowest BCUT2D eigenvalue weighted by atomic mass is 9.93. The highest BCUT2D eigenvalue weighted by Crippen LogP contribution is 2.22. The summed E-state index contributed by atoms with van der Waals surface area (Å²) in [5.41, 5.74) is 5.38. The van der Waals surface area contributed by atoms with Crippen molar-refractivity contribution in [1.82, 2.24) is 10.6 Å². The number of alkyl halides is 2. The van der Waals surface area contributed by atoms with Crippen LogP contribution >= 0.6 is 23.2 Å². The van der Waals surface area contributed by atoms with E-state index in [2.05, 4.69) is 16.7 Å². The number of carbonyl (C=O) groups is 2. The number of nitrogens with one attached hydrogen (secondary N) is 2. The molecular formula is C15H20Cl2N2O2. The van der Waals surface area contributed by atoms with Crippen LogP contribution in [0.2, 0.25) is 0 Å². The first-order valence-electron chi connectivity index (χ1n) is 6.64. The fourth-order valence-electron chi connectivity index (χ4n) is 2.29. The largest absolute Gasteiger partial charge is 0.351 e. The number of rotatable bonds is 6. The third-order valence-corrected chi connectivity index (χ3v) is 3.94. The number of aryl methyl sites for hydroxylation is 2. The Morgan fingerprint density at radius 2 is 1.29 bits per heavy atom. The highest BCUT2D eigenvalue weighted by atomic mass is 35.5. The summed E-state index contributed by atoms with van der Waals surface area (Å²) < 4.78 is 0. The van der Waals surface area contributed by atoms with Gasteiger partial charge in [0.1, 0.15) is 11.8 Å². The molecule has 0 fully saturated rings. The fraction of sp³-hybridized carbons (Fsp3) is 0.467. The van der Waals surface area contributed by atoms with Crippen LogP contribution in [0.15, 0.2) is 6.07 Å². The lowest BCUT2D eigenvalue weighted by molar-refractivity contribution is -0.119. The third-order valence-electron chi connectivity index (χ3n) is 3.46. The Morgan fingerprint density at radius 1 is 0.905 bits per heavy atom. The first-order chi connectivity index (χ1) is 9.90. The smallest absolute Gasteiger partial charge is 0.235 e. The standard InChI is InChI=1S/C15H20Cl2N2O2/c1-9-4-10(2)13(8-19-15(21)6-17)11(3)12(9)7-18-14(20)5-16/h4H,5-8H2,1-3H3,(H,18,20)(H,19,21). The van der Waals surface area contributed by atoms with Gasteiger partial charge in [0.15, 0.2) is 0 Å². The SMILES string of the molecule is Cc1cc(C)c(CNC(=O)CCl)c(C)c1CNC(=O)CCl. The van der Waals surface area contributed by atoms with Gasteiger partial charge in [-0.2, -0.15) is 0 Å². The van der Waals surface area contributed by atoms with Crippen molar-refractivity contribution < 1.29 is 9.59 Å². The molecule has 0 bridgehead atoms. The molecule has 2 amide bonds. The molecule has 0 spiro atoms. The van der Waals surface area contributed by atoms with Gasteiger partial charge in [-0.3, -0.25) is 9.59 Å². The Labute approximate surface area is 135 Å². The van der Waals surface area contributed by atoms with E-state index in [9.17, 15) is 9.59 Å². The average Bonchev–Trinajstić information content (AvgIpc) is 2.45. The molecule has 0 saturated heterocycles. The molecule has 6 heteroatoms. The van der Waals surface area contributed by atoms with Crippen LogP contribution in [0.25, 0.3) is 0 Å². The molecule has 1 aromatic carbocycles. The molecule has 0 unspecified atom stereocenters. The van der Waals surface area contributed by atoms with Crippen molar-refractivity contribution in [1.29, 1.82) is 0 Å². The normalized spacial score (nSPS) is 10.3. The first-order valence-corrected chi connectivity index (χ1v) is 7.71. The van der Waals surface area contributed by atoms with Crippen LogP contribution in [0.3, 0.4) is 0 Å². The van der Waals surface area contributed by atoms with Crippen LogP contribution in [0.1, 0.15) is 27.8 Å². The van der Waals surface area contributed by atoms with Crippen molar-refractivity contribution in [2.75, 3.05) is 11.8 Å².